The average Bonchev–Trinajstić information content (AvgIpc) is 3.11. The van der Waals surface area contributed by atoms with Gasteiger partial charge in [0.1, 0.15) is 5.82 Å². The summed E-state index contributed by atoms with van der Waals surface area (Å²) in [6, 6.07) is 3.00. The number of carboxylic acid groups (broad SMARTS) is 1. The van der Waals surface area contributed by atoms with Gasteiger partial charge in [-0.1, -0.05) is 13.8 Å². The Morgan fingerprint density at radius 2 is 2.07 bits per heavy atom. The van der Waals surface area contributed by atoms with Gasteiger partial charge in [-0.2, -0.15) is 10.2 Å². The van der Waals surface area contributed by atoms with E-state index in [-0.39, 0.29) is 24.0 Å². The summed E-state index contributed by atoms with van der Waals surface area (Å²) in [6.07, 6.45) is 2.80. The van der Waals surface area contributed by atoms with Crippen LogP contribution in [0, 0.1) is 5.92 Å². The van der Waals surface area contributed by atoms with Crippen molar-refractivity contribution in [2.45, 2.75) is 59.0 Å². The van der Waals surface area contributed by atoms with Crippen LogP contribution in [0.2, 0.25) is 0 Å². The van der Waals surface area contributed by atoms with Gasteiger partial charge in [0.2, 0.25) is 5.91 Å². The second kappa shape index (κ2) is 10.5. The van der Waals surface area contributed by atoms with Crippen LogP contribution in [0.25, 0.3) is 0 Å². The van der Waals surface area contributed by atoms with E-state index in [0.717, 1.165) is 24.5 Å². The van der Waals surface area contributed by atoms with Crippen molar-refractivity contribution in [3.63, 3.8) is 0 Å². The van der Waals surface area contributed by atoms with Crippen LogP contribution in [0.4, 0.5) is 0 Å². The van der Waals surface area contributed by atoms with Crippen molar-refractivity contribution < 1.29 is 14.7 Å². The third kappa shape index (κ3) is 6.23. The maximum absolute atomic E-state index is 12.6. The Kier molecular flexibility index (Phi) is 8.05. The first-order chi connectivity index (χ1) is 13.8. The lowest BCUT2D eigenvalue weighted by atomic mass is 10.1. The summed E-state index contributed by atoms with van der Waals surface area (Å²) in [4.78, 5) is 38.6. The standard InChI is InChI=1S/C18H26N6O2.CH2O2/c1-12(2)4-7-15-19-18-13(3)23(10-11-24(18)22-15)17(26)9-6-14-5-8-16(25)21-20-14;2-1-3/h5,8,12-13H,4,6-7,9-11H2,1-3H3,(H,21,25);1H,(H,2,3)/t13-;/m1./s1. The molecule has 10 nitrogen and oxygen atoms in total. The fourth-order valence-corrected chi connectivity index (χ4v) is 3.17. The molecule has 1 aliphatic heterocycles. The van der Waals surface area contributed by atoms with E-state index in [9.17, 15) is 9.59 Å². The summed E-state index contributed by atoms with van der Waals surface area (Å²) in [5, 5.41) is 17.8. The van der Waals surface area contributed by atoms with Crippen molar-refractivity contribution in [3.05, 3.63) is 39.8 Å². The van der Waals surface area contributed by atoms with Gasteiger partial charge >= 0.3 is 0 Å². The van der Waals surface area contributed by atoms with Gasteiger partial charge in [0.05, 0.1) is 18.3 Å². The summed E-state index contributed by atoms with van der Waals surface area (Å²) < 4.78 is 1.94. The van der Waals surface area contributed by atoms with Crippen molar-refractivity contribution >= 4 is 12.4 Å². The molecule has 0 radical (unpaired) electrons. The van der Waals surface area contributed by atoms with Gasteiger partial charge in [-0.3, -0.25) is 14.4 Å². The molecule has 29 heavy (non-hydrogen) atoms. The lowest BCUT2D eigenvalue weighted by Gasteiger charge is -2.33. The minimum absolute atomic E-state index is 0.0727. The zero-order valence-corrected chi connectivity index (χ0v) is 17.0. The maximum atomic E-state index is 12.6. The van der Waals surface area contributed by atoms with E-state index in [1.54, 1.807) is 6.07 Å². The summed E-state index contributed by atoms with van der Waals surface area (Å²) >= 11 is 0. The minimum atomic E-state index is -0.250. The molecule has 2 aromatic rings. The molecule has 3 heterocycles. The van der Waals surface area contributed by atoms with Crippen molar-refractivity contribution in [1.29, 1.82) is 0 Å². The number of carbonyl (C=O) groups excluding carboxylic acids is 1. The Bertz CT molecular complexity index is 855. The number of carbonyl (C=O) groups is 2. The van der Waals surface area contributed by atoms with E-state index in [1.807, 2.05) is 16.5 Å². The normalized spacial score (nSPS) is 15.4. The van der Waals surface area contributed by atoms with Gasteiger partial charge in [0.15, 0.2) is 5.82 Å². The molecule has 0 fully saturated rings. The Morgan fingerprint density at radius 1 is 1.34 bits per heavy atom. The molecular weight excluding hydrogens is 376 g/mol. The van der Waals surface area contributed by atoms with Gasteiger partial charge in [-0.25, -0.2) is 14.8 Å². The van der Waals surface area contributed by atoms with Gasteiger partial charge in [0, 0.05) is 31.9 Å². The van der Waals surface area contributed by atoms with Crippen LogP contribution in [0.1, 0.15) is 57.0 Å². The van der Waals surface area contributed by atoms with Crippen LogP contribution in [0.5, 0.6) is 0 Å². The number of aromatic amines is 1. The first kappa shape index (κ1) is 22.3. The number of hydrogen-bond donors (Lipinski definition) is 2. The fourth-order valence-electron chi connectivity index (χ4n) is 3.17. The second-order valence-corrected chi connectivity index (χ2v) is 7.32. The number of hydrogen-bond acceptors (Lipinski definition) is 6. The van der Waals surface area contributed by atoms with Crippen molar-refractivity contribution in [2.75, 3.05) is 6.54 Å². The van der Waals surface area contributed by atoms with Crippen LogP contribution in [0.15, 0.2) is 16.9 Å². The number of aryl methyl sites for hydroxylation is 2. The predicted octanol–water partition coefficient (Wildman–Crippen LogP) is 1.19. The maximum Gasteiger partial charge on any atom is 0.290 e. The lowest BCUT2D eigenvalue weighted by Crippen LogP contribution is -2.41. The molecule has 158 valence electrons. The highest BCUT2D eigenvalue weighted by Crippen LogP contribution is 2.24. The summed E-state index contributed by atoms with van der Waals surface area (Å²) in [5.41, 5.74) is 0.471. The number of nitrogens with zero attached hydrogens (tertiary/aromatic N) is 5. The summed E-state index contributed by atoms with van der Waals surface area (Å²) in [5.74, 6) is 2.42. The molecule has 0 spiro atoms. The van der Waals surface area contributed by atoms with E-state index < -0.39 is 0 Å². The topological polar surface area (TPSA) is 134 Å². The van der Waals surface area contributed by atoms with Gasteiger partial charge in [-0.05, 0) is 25.3 Å². The van der Waals surface area contributed by atoms with E-state index in [0.29, 0.717) is 37.5 Å². The molecule has 0 saturated carbocycles. The Balaban J connectivity index is 0.000000941. The zero-order valence-electron chi connectivity index (χ0n) is 17.0. The molecule has 10 heteroatoms. The fraction of sp³-hybridized carbons (Fsp3) is 0.579. The predicted molar refractivity (Wildman–Crippen MR) is 105 cm³/mol. The number of amides is 1. The molecule has 0 bridgehead atoms. The molecule has 3 rings (SSSR count). The third-order valence-corrected chi connectivity index (χ3v) is 4.74. The van der Waals surface area contributed by atoms with Crippen LogP contribution in [-0.4, -0.2) is 53.9 Å². The molecule has 0 aromatic carbocycles. The van der Waals surface area contributed by atoms with Gasteiger partial charge in [0.25, 0.3) is 12.0 Å². The monoisotopic (exact) mass is 404 g/mol. The van der Waals surface area contributed by atoms with Crippen LogP contribution < -0.4 is 5.56 Å². The van der Waals surface area contributed by atoms with Crippen LogP contribution >= 0.6 is 0 Å². The first-order valence-electron chi connectivity index (χ1n) is 9.71. The van der Waals surface area contributed by atoms with E-state index in [2.05, 4.69) is 34.1 Å². The highest BCUT2D eigenvalue weighted by atomic mass is 16.3. The SMILES string of the molecule is CC(C)CCc1nc2n(n1)CCN(C(=O)CCc1ccc(=O)[nH]n1)[C@@H]2C.O=CO. The zero-order chi connectivity index (χ0) is 21.4. The molecule has 2 N–H and O–H groups in total. The van der Waals surface area contributed by atoms with E-state index in [4.69, 9.17) is 9.90 Å². The largest absolute Gasteiger partial charge is 0.483 e. The molecule has 1 atom stereocenters. The van der Waals surface area contributed by atoms with Crippen molar-refractivity contribution in [3.8, 4) is 0 Å². The highest BCUT2D eigenvalue weighted by molar-refractivity contribution is 5.77. The van der Waals surface area contributed by atoms with Gasteiger partial charge in [-0.15, -0.1) is 0 Å². The number of fused-ring (bicyclic) bond motifs is 1. The van der Waals surface area contributed by atoms with Crippen molar-refractivity contribution in [2.24, 2.45) is 5.92 Å². The van der Waals surface area contributed by atoms with Crippen LogP contribution in [0.3, 0.4) is 0 Å². The number of nitrogens with one attached hydrogen (secondary N) is 1. The number of rotatable bonds is 6. The van der Waals surface area contributed by atoms with Crippen molar-refractivity contribution in [1.82, 2.24) is 29.9 Å². The van der Waals surface area contributed by atoms with Gasteiger partial charge < -0.3 is 10.0 Å². The summed E-state index contributed by atoms with van der Waals surface area (Å²) in [6.45, 7) is 7.45. The molecule has 1 aliphatic rings. The number of aromatic nitrogens is 5. The molecule has 2 aromatic heterocycles. The average molecular weight is 404 g/mol. The third-order valence-electron chi connectivity index (χ3n) is 4.74. The Labute approximate surface area is 169 Å². The second-order valence-electron chi connectivity index (χ2n) is 7.32. The molecular formula is C19H28N6O4. The number of H-pyrrole nitrogens is 1. The molecule has 1 amide bonds. The van der Waals surface area contributed by atoms with E-state index in [1.165, 1.54) is 6.07 Å². The molecule has 0 saturated heterocycles. The Morgan fingerprint density at radius 3 is 2.69 bits per heavy atom. The minimum Gasteiger partial charge on any atom is -0.483 e. The lowest BCUT2D eigenvalue weighted by molar-refractivity contribution is -0.134. The molecule has 0 unspecified atom stereocenters. The smallest absolute Gasteiger partial charge is 0.290 e. The quantitative estimate of drug-likeness (QED) is 0.691. The first-order valence-corrected chi connectivity index (χ1v) is 9.71. The molecule has 0 aliphatic carbocycles. The highest BCUT2D eigenvalue weighted by Gasteiger charge is 2.30. The summed E-state index contributed by atoms with van der Waals surface area (Å²) in [7, 11) is 0. The Hall–Kier alpha value is -3.04. The van der Waals surface area contributed by atoms with Crippen LogP contribution in [-0.2, 0) is 29.0 Å². The van der Waals surface area contributed by atoms with E-state index >= 15 is 0 Å².